The van der Waals surface area contributed by atoms with Crippen molar-refractivity contribution in [3.05, 3.63) is 0 Å². The first kappa shape index (κ1) is 1.98. The molecule has 0 bridgehead atoms. The van der Waals surface area contributed by atoms with E-state index in [-0.39, 0.29) is 0 Å². The van der Waals surface area contributed by atoms with Crippen molar-refractivity contribution in [2.45, 2.75) is 0 Å². The smallest absolute Gasteiger partial charge is 0.0517 e. The Hall–Kier alpha value is 0.700. The Kier molecular flexibility index (Phi) is 0.176. The summed E-state index contributed by atoms with van der Waals surface area (Å²) in [5.41, 5.74) is 0. The Morgan fingerprint density at radius 3 is 1.75 bits per heavy atom. The quantitative estimate of drug-likeness (QED) is 0.485. The third kappa shape index (κ3) is 0.103. The van der Waals surface area contributed by atoms with E-state index in [2.05, 4.69) is 3.69 Å². The van der Waals surface area contributed by atoms with Crippen LogP contribution in [0.2, 0.25) is 0 Å². The van der Waals surface area contributed by atoms with Crippen molar-refractivity contribution >= 4 is 22.9 Å². The molecule has 0 radical (unpaired) electrons. The first-order chi connectivity index (χ1) is 1.97. The molecule has 4 heteroatoms. The number of fused-ring (bicyclic) bond motifs is 1. The van der Waals surface area contributed by atoms with Crippen molar-refractivity contribution in [2.24, 2.45) is 0 Å². The minimum absolute atomic E-state index is 0.685. The Balaban J connectivity index is 3.72. The number of hydrogen-bond donors (Lipinski definition) is 0. The monoisotopic (exact) mass is 109 g/mol. The molecule has 0 saturated heterocycles. The zero-order valence-electron chi connectivity index (χ0n) is 1.89. The van der Waals surface area contributed by atoms with Gasteiger partial charge in [0, 0.05) is 0 Å². The molecule has 0 aliphatic carbocycles. The van der Waals surface area contributed by atoms with E-state index in [9.17, 15) is 0 Å². The summed E-state index contributed by atoms with van der Waals surface area (Å²) in [6.07, 6.45) is 0. The van der Waals surface area contributed by atoms with Crippen molar-refractivity contribution in [2.75, 3.05) is 0 Å². The fraction of sp³-hybridized carbons (Fsp3) is 0. The van der Waals surface area contributed by atoms with Crippen LogP contribution < -0.4 is 0 Å². The topological polar surface area (TPSA) is 4.41 Å². The molecule has 4 heavy (non-hydrogen) atoms. The fourth-order valence-corrected chi connectivity index (χ4v) is 6.18. The number of nitrogens with zero attached hydrogens (tertiary/aromatic N) is 1. The largest absolute Gasteiger partial charge is 0.265 e. The fourth-order valence-electron chi connectivity index (χ4n) is 0.139. The second-order valence-corrected chi connectivity index (χ2v) is 9.42. The van der Waals surface area contributed by atoms with Gasteiger partial charge in [-0.3, -0.25) is 3.69 Å². The highest BCUT2D eigenvalue weighted by Gasteiger charge is 2.03. The minimum Gasteiger partial charge on any atom is -0.265 e. The van der Waals surface area contributed by atoms with Gasteiger partial charge in [-0.25, -0.2) is 0 Å². The van der Waals surface area contributed by atoms with E-state index in [1.165, 1.54) is 16.1 Å². The molecule has 0 fully saturated rings. The first-order valence-electron chi connectivity index (χ1n) is 1.09. The molecule has 0 amide bonds. The number of aromatic nitrogens is 1. The van der Waals surface area contributed by atoms with Gasteiger partial charge in [0.1, 0.15) is 0 Å². The average Bonchev–Trinajstić information content (AvgIpc) is 1.36. The highest BCUT2D eigenvalue weighted by molar-refractivity contribution is 8.39. The van der Waals surface area contributed by atoms with Crippen LogP contribution in [0, 0.1) is 0 Å². The highest BCUT2D eigenvalue weighted by Crippen LogP contribution is 2.67. The van der Waals surface area contributed by atoms with E-state index in [4.69, 9.17) is 0 Å². The zero-order valence-corrected chi connectivity index (χ0v) is 4.79. The molecule has 2 aromatic heterocycles. The van der Waals surface area contributed by atoms with Crippen LogP contribution >= 0.6 is 22.9 Å². The van der Waals surface area contributed by atoms with Crippen molar-refractivity contribution in [3.63, 3.8) is 0 Å². The van der Waals surface area contributed by atoms with Gasteiger partial charge in [0.2, 0.25) is 0 Å². The van der Waals surface area contributed by atoms with E-state index < -0.39 is 0 Å². The van der Waals surface area contributed by atoms with Gasteiger partial charge < -0.3 is 0 Å². The Morgan fingerprint density at radius 1 is 1.50 bits per heavy atom. The summed E-state index contributed by atoms with van der Waals surface area (Å²) >= 11 is 0. The van der Waals surface area contributed by atoms with Gasteiger partial charge >= 0.3 is 0 Å². The van der Waals surface area contributed by atoms with Gasteiger partial charge in [0.25, 0.3) is 0 Å². The molecule has 0 N–H and O–H groups in total. The molecular weight excluding hydrogens is 107 g/mol. The predicted molar refractivity (Wildman–Crippen MR) is 25.8 cm³/mol. The van der Waals surface area contributed by atoms with Gasteiger partial charge in [0.15, 0.2) is 0 Å². The van der Waals surface area contributed by atoms with Crippen LogP contribution in [0.5, 0.6) is 0 Å². The normalized spacial score (nSPS) is 21.5. The second kappa shape index (κ2) is 0.356. The third-order valence-corrected chi connectivity index (χ3v) is 9.90. The molecule has 0 aliphatic heterocycles. The predicted octanol–water partition coefficient (Wildman–Crippen LogP) is 1.72. The highest BCUT2D eigenvalue weighted by atomic mass is 32.2. The van der Waals surface area contributed by atoms with Crippen molar-refractivity contribution < 1.29 is 0 Å². The van der Waals surface area contributed by atoms with Gasteiger partial charge in [-0.05, 0) is 16.1 Å². The van der Waals surface area contributed by atoms with Crippen LogP contribution in [0.25, 0.3) is 0 Å². The molecule has 2 aromatic rings. The van der Waals surface area contributed by atoms with Crippen LogP contribution in [-0.4, -0.2) is 3.69 Å². The Morgan fingerprint density at radius 2 is 1.75 bits per heavy atom. The second-order valence-electron chi connectivity index (χ2n) is 0.824. The third-order valence-electron chi connectivity index (χ3n) is 0.500. The van der Waals surface area contributed by atoms with E-state index >= 15 is 0 Å². The Bertz CT molecular complexity index is 126. The lowest BCUT2D eigenvalue weighted by molar-refractivity contribution is 1.87. The summed E-state index contributed by atoms with van der Waals surface area (Å²) < 4.78 is 2.54. The molecule has 0 saturated carbocycles. The van der Waals surface area contributed by atoms with Crippen molar-refractivity contribution in [3.8, 4) is 0 Å². The zero-order chi connectivity index (χ0) is 2.57. The molecule has 1 nitrogen and oxygen atoms in total. The molecule has 0 aliphatic rings. The van der Waals surface area contributed by atoms with Gasteiger partial charge in [-0.2, -0.15) is 0 Å². The van der Waals surface area contributed by atoms with E-state index in [0.717, 1.165) is 0 Å². The van der Waals surface area contributed by atoms with Crippen LogP contribution in [0.4, 0.5) is 0 Å². The van der Waals surface area contributed by atoms with E-state index in [1.807, 2.05) is 0 Å². The maximum atomic E-state index is 2.54. The lowest BCUT2D eigenvalue weighted by atomic mass is 13.9. The molecule has 0 spiro atoms. The van der Waals surface area contributed by atoms with Crippen molar-refractivity contribution in [1.82, 2.24) is 3.69 Å². The van der Waals surface area contributed by atoms with Crippen LogP contribution in [0.15, 0.2) is 0 Å². The lowest BCUT2D eigenvalue weighted by Gasteiger charge is -1.34. The molecular formula is H2NP3. The number of hydrogen-bond acceptors (Lipinski definition) is 0. The molecule has 2 unspecified atom stereocenters. The van der Waals surface area contributed by atoms with Gasteiger partial charge in [-0.15, -0.1) is 0 Å². The van der Waals surface area contributed by atoms with Crippen LogP contribution in [0.1, 0.15) is 0 Å². The Labute approximate surface area is 27.5 Å². The van der Waals surface area contributed by atoms with Crippen molar-refractivity contribution in [1.29, 1.82) is 0 Å². The standard InChI is InChI=1S/H2NP3/c2-1-3-4(1)2/h2-3H. The summed E-state index contributed by atoms with van der Waals surface area (Å²) in [4.78, 5) is 0. The summed E-state index contributed by atoms with van der Waals surface area (Å²) in [5, 5.41) is 0. The maximum absolute atomic E-state index is 2.54. The minimum atomic E-state index is 0.685. The van der Waals surface area contributed by atoms with Crippen LogP contribution in [0.3, 0.4) is 0 Å². The SMILES string of the molecule is [pH]1n2[pH]p12. The van der Waals surface area contributed by atoms with Gasteiger partial charge in [-0.1, -0.05) is 0 Å². The van der Waals surface area contributed by atoms with E-state index in [1.54, 1.807) is 0 Å². The molecule has 2 atom stereocenters. The molecule has 2 rings (SSSR count). The molecule has 2 heterocycles. The summed E-state index contributed by atoms with van der Waals surface area (Å²) in [5.74, 6) is 0. The van der Waals surface area contributed by atoms with E-state index in [0.29, 0.717) is 6.85 Å². The van der Waals surface area contributed by atoms with Gasteiger partial charge in [0.05, 0.1) is 6.85 Å². The van der Waals surface area contributed by atoms with Crippen LogP contribution in [-0.2, 0) is 0 Å². The summed E-state index contributed by atoms with van der Waals surface area (Å²) in [7, 11) is 2.63. The number of rotatable bonds is 0. The first-order valence-corrected chi connectivity index (χ1v) is 5.97. The average molecular weight is 109 g/mol. The molecule has 0 aromatic carbocycles. The lowest BCUT2D eigenvalue weighted by Crippen LogP contribution is -1.04. The summed E-state index contributed by atoms with van der Waals surface area (Å²) in [6, 6.07) is 0. The molecule has 22 valence electrons. The summed E-state index contributed by atoms with van der Waals surface area (Å²) in [6.45, 7) is 0.685. The maximum Gasteiger partial charge on any atom is 0.0517 e.